The highest BCUT2D eigenvalue weighted by molar-refractivity contribution is 7.23. The van der Waals surface area contributed by atoms with Gasteiger partial charge in [-0.05, 0) is 48.2 Å². The average Bonchev–Trinajstić information content (AvgIpc) is 3.21. The molecule has 0 aliphatic heterocycles. The Balaban J connectivity index is 1.73. The highest BCUT2D eigenvalue weighted by atomic mass is 35.5. The van der Waals surface area contributed by atoms with Gasteiger partial charge in [0.05, 0.1) is 29.8 Å². The smallest absolute Gasteiger partial charge is 0.233 e. The number of amides is 1. The van der Waals surface area contributed by atoms with E-state index in [1.165, 1.54) is 22.5 Å². The van der Waals surface area contributed by atoms with Crippen molar-refractivity contribution in [2.45, 2.75) is 26.8 Å². The van der Waals surface area contributed by atoms with Crippen LogP contribution in [-0.2, 0) is 17.8 Å². The first-order chi connectivity index (χ1) is 15.0. The summed E-state index contributed by atoms with van der Waals surface area (Å²) in [7, 11) is 1.61. The Labute approximate surface area is 191 Å². The van der Waals surface area contributed by atoms with Crippen molar-refractivity contribution >= 4 is 44.2 Å². The second kappa shape index (κ2) is 9.08. The Bertz CT molecular complexity index is 1240. The van der Waals surface area contributed by atoms with E-state index in [1.54, 1.807) is 24.1 Å². The number of halogens is 1. The number of ether oxygens (including phenoxy) is 1. The van der Waals surface area contributed by atoms with E-state index in [4.69, 9.17) is 21.3 Å². The summed E-state index contributed by atoms with van der Waals surface area (Å²) in [4.78, 5) is 19.9. The van der Waals surface area contributed by atoms with E-state index < -0.39 is 0 Å². The summed E-state index contributed by atoms with van der Waals surface area (Å²) >= 11 is 7.82. The van der Waals surface area contributed by atoms with E-state index in [2.05, 4.69) is 26.0 Å². The molecule has 0 atom stereocenters. The van der Waals surface area contributed by atoms with Crippen LogP contribution in [0.25, 0.3) is 10.2 Å². The number of thiazole rings is 1. The normalized spacial score (nSPS) is 11.0. The van der Waals surface area contributed by atoms with Gasteiger partial charge in [-0.25, -0.2) is 4.98 Å². The molecule has 4 rings (SSSR count). The standard InChI is InChI=1S/C25H23ClN2O2S/c1-16-9-10-19(13-17(16)2)14-22(29)28(15-18-7-5-4-6-8-18)25-27-23-21(30-3)12-11-20(26)24(23)31-25/h4-13H,14-15H2,1-3H3. The maximum Gasteiger partial charge on any atom is 0.233 e. The number of carbonyl (C=O) groups excluding carboxylic acids is 1. The van der Waals surface area contributed by atoms with Crippen molar-refractivity contribution in [2.75, 3.05) is 12.0 Å². The first-order valence-electron chi connectivity index (χ1n) is 9.99. The van der Waals surface area contributed by atoms with E-state index in [0.717, 1.165) is 15.8 Å². The first kappa shape index (κ1) is 21.3. The summed E-state index contributed by atoms with van der Waals surface area (Å²) in [5, 5.41) is 1.21. The molecule has 0 bridgehead atoms. The van der Waals surface area contributed by atoms with Crippen LogP contribution in [0.2, 0.25) is 5.02 Å². The molecule has 0 unspecified atom stereocenters. The molecule has 0 aliphatic rings. The van der Waals surface area contributed by atoms with Crippen molar-refractivity contribution in [1.29, 1.82) is 0 Å². The zero-order chi connectivity index (χ0) is 22.0. The molecule has 6 heteroatoms. The molecule has 0 fully saturated rings. The molecule has 0 saturated carbocycles. The van der Waals surface area contributed by atoms with Crippen LogP contribution in [0.4, 0.5) is 5.13 Å². The van der Waals surface area contributed by atoms with Gasteiger partial charge in [-0.15, -0.1) is 0 Å². The van der Waals surface area contributed by atoms with E-state index in [0.29, 0.717) is 34.4 Å². The number of fused-ring (bicyclic) bond motifs is 1. The van der Waals surface area contributed by atoms with E-state index in [9.17, 15) is 4.79 Å². The van der Waals surface area contributed by atoms with Crippen molar-refractivity contribution in [2.24, 2.45) is 0 Å². The fourth-order valence-corrected chi connectivity index (χ4v) is 4.71. The fraction of sp³-hybridized carbons (Fsp3) is 0.200. The van der Waals surface area contributed by atoms with Crippen LogP contribution in [-0.4, -0.2) is 18.0 Å². The highest BCUT2D eigenvalue weighted by Crippen LogP contribution is 2.39. The third kappa shape index (κ3) is 4.58. The van der Waals surface area contributed by atoms with Crippen LogP contribution >= 0.6 is 22.9 Å². The molecule has 4 aromatic rings. The lowest BCUT2D eigenvalue weighted by atomic mass is 10.0. The van der Waals surface area contributed by atoms with Crippen molar-refractivity contribution in [3.05, 3.63) is 87.9 Å². The lowest BCUT2D eigenvalue weighted by Gasteiger charge is -2.20. The molecule has 158 valence electrons. The molecule has 0 radical (unpaired) electrons. The number of rotatable bonds is 6. The number of aromatic nitrogens is 1. The molecule has 31 heavy (non-hydrogen) atoms. The van der Waals surface area contributed by atoms with Crippen molar-refractivity contribution in [3.63, 3.8) is 0 Å². The Morgan fingerprint density at radius 1 is 1.03 bits per heavy atom. The molecule has 1 aromatic heterocycles. The summed E-state index contributed by atoms with van der Waals surface area (Å²) in [5.74, 6) is 0.629. The zero-order valence-electron chi connectivity index (χ0n) is 17.7. The van der Waals surface area contributed by atoms with Gasteiger partial charge in [0, 0.05) is 0 Å². The predicted molar refractivity (Wildman–Crippen MR) is 128 cm³/mol. The van der Waals surface area contributed by atoms with E-state index in [-0.39, 0.29) is 5.91 Å². The third-order valence-electron chi connectivity index (χ3n) is 5.31. The maximum absolute atomic E-state index is 13.5. The molecule has 0 spiro atoms. The van der Waals surface area contributed by atoms with Gasteiger partial charge in [-0.2, -0.15) is 0 Å². The van der Waals surface area contributed by atoms with Crippen molar-refractivity contribution in [3.8, 4) is 5.75 Å². The Morgan fingerprint density at radius 2 is 1.81 bits per heavy atom. The minimum Gasteiger partial charge on any atom is -0.494 e. The number of anilines is 1. The van der Waals surface area contributed by atoms with Gasteiger partial charge < -0.3 is 4.74 Å². The van der Waals surface area contributed by atoms with Gasteiger partial charge in [-0.1, -0.05) is 71.5 Å². The van der Waals surface area contributed by atoms with Crippen LogP contribution in [0, 0.1) is 13.8 Å². The Morgan fingerprint density at radius 3 is 2.52 bits per heavy atom. The third-order valence-corrected chi connectivity index (χ3v) is 6.85. The summed E-state index contributed by atoms with van der Waals surface area (Å²) in [6.45, 7) is 4.57. The highest BCUT2D eigenvalue weighted by Gasteiger charge is 2.22. The fourth-order valence-electron chi connectivity index (χ4n) is 3.43. The van der Waals surface area contributed by atoms with Crippen LogP contribution < -0.4 is 9.64 Å². The number of benzene rings is 3. The molecule has 0 saturated heterocycles. The summed E-state index contributed by atoms with van der Waals surface area (Å²) < 4.78 is 6.27. The molecular formula is C25H23ClN2O2S. The Kier molecular flexibility index (Phi) is 6.25. The average molecular weight is 451 g/mol. The topological polar surface area (TPSA) is 42.4 Å². The molecule has 1 heterocycles. The van der Waals surface area contributed by atoms with E-state index in [1.807, 2.05) is 36.4 Å². The lowest BCUT2D eigenvalue weighted by Crippen LogP contribution is -2.31. The predicted octanol–water partition coefficient (Wildman–Crippen LogP) is 6.35. The van der Waals surface area contributed by atoms with Crippen LogP contribution in [0.1, 0.15) is 22.3 Å². The van der Waals surface area contributed by atoms with Gasteiger partial charge in [0.1, 0.15) is 11.3 Å². The lowest BCUT2D eigenvalue weighted by molar-refractivity contribution is -0.118. The quantitative estimate of drug-likeness (QED) is 0.343. The number of hydrogen-bond donors (Lipinski definition) is 0. The van der Waals surface area contributed by atoms with Gasteiger partial charge >= 0.3 is 0 Å². The number of nitrogens with zero attached hydrogens (tertiary/aromatic N) is 2. The maximum atomic E-state index is 13.5. The first-order valence-corrected chi connectivity index (χ1v) is 11.2. The number of carbonyl (C=O) groups is 1. The SMILES string of the molecule is COc1ccc(Cl)c2sc(N(Cc3ccccc3)C(=O)Cc3ccc(C)c(C)c3)nc12. The molecule has 1 amide bonds. The second-order valence-corrected chi connectivity index (χ2v) is 8.87. The van der Waals surface area contributed by atoms with Crippen LogP contribution in [0.3, 0.4) is 0 Å². The molecule has 0 N–H and O–H groups in total. The summed E-state index contributed by atoms with van der Waals surface area (Å²) in [6.07, 6.45) is 0.300. The summed E-state index contributed by atoms with van der Waals surface area (Å²) in [5.41, 5.74) is 5.09. The van der Waals surface area contributed by atoms with Gasteiger partial charge in [0.15, 0.2) is 5.13 Å². The minimum absolute atomic E-state index is 0.0127. The van der Waals surface area contributed by atoms with Gasteiger partial charge in [0.25, 0.3) is 0 Å². The molecular weight excluding hydrogens is 428 g/mol. The van der Waals surface area contributed by atoms with Gasteiger partial charge in [-0.3, -0.25) is 9.69 Å². The van der Waals surface area contributed by atoms with Gasteiger partial charge in [0.2, 0.25) is 5.91 Å². The minimum atomic E-state index is -0.0127. The van der Waals surface area contributed by atoms with Crippen molar-refractivity contribution in [1.82, 2.24) is 4.98 Å². The molecule has 4 nitrogen and oxygen atoms in total. The van der Waals surface area contributed by atoms with E-state index >= 15 is 0 Å². The monoisotopic (exact) mass is 450 g/mol. The van der Waals surface area contributed by atoms with Crippen LogP contribution in [0.5, 0.6) is 5.75 Å². The molecule has 0 aliphatic carbocycles. The Hall–Kier alpha value is -2.89. The second-order valence-electron chi connectivity index (χ2n) is 7.48. The zero-order valence-corrected chi connectivity index (χ0v) is 19.3. The summed E-state index contributed by atoms with van der Waals surface area (Å²) in [6, 6.07) is 19.7. The number of methoxy groups -OCH3 is 1. The van der Waals surface area contributed by atoms with Crippen LogP contribution in [0.15, 0.2) is 60.7 Å². The van der Waals surface area contributed by atoms with Crippen molar-refractivity contribution < 1.29 is 9.53 Å². The number of aryl methyl sites for hydroxylation is 2. The molecule has 3 aromatic carbocycles. The number of hydrogen-bond acceptors (Lipinski definition) is 4. The largest absolute Gasteiger partial charge is 0.494 e.